The molecule has 104 valence electrons. The van der Waals surface area contributed by atoms with Gasteiger partial charge in [-0.1, -0.05) is 25.8 Å². The van der Waals surface area contributed by atoms with Gasteiger partial charge in [-0.3, -0.25) is 4.79 Å². The van der Waals surface area contributed by atoms with Crippen LogP contribution >= 0.6 is 0 Å². The molecule has 1 aromatic carbocycles. The molecular formula is C15H22N2O2. The van der Waals surface area contributed by atoms with Crippen molar-refractivity contribution in [2.75, 3.05) is 12.3 Å². The zero-order valence-electron chi connectivity index (χ0n) is 11.4. The molecule has 0 bridgehead atoms. The van der Waals surface area contributed by atoms with E-state index in [0.29, 0.717) is 6.54 Å². The van der Waals surface area contributed by atoms with Crippen molar-refractivity contribution >= 4 is 11.6 Å². The van der Waals surface area contributed by atoms with Gasteiger partial charge in [0.25, 0.3) is 5.91 Å². The minimum atomic E-state index is -0.246. The van der Waals surface area contributed by atoms with E-state index in [4.69, 9.17) is 5.73 Å². The van der Waals surface area contributed by atoms with Crippen LogP contribution in [0, 0.1) is 5.41 Å². The van der Waals surface area contributed by atoms with Gasteiger partial charge in [0.1, 0.15) is 0 Å². The number of benzene rings is 1. The average molecular weight is 262 g/mol. The highest BCUT2D eigenvalue weighted by Crippen LogP contribution is 2.40. The summed E-state index contributed by atoms with van der Waals surface area (Å²) in [5.74, 6) is -0.374. The maximum absolute atomic E-state index is 12.1. The number of nitrogens with two attached hydrogens (primary N) is 1. The van der Waals surface area contributed by atoms with Crippen LogP contribution in [0.5, 0.6) is 5.75 Å². The van der Waals surface area contributed by atoms with Crippen LogP contribution < -0.4 is 11.1 Å². The number of nitrogen functional groups attached to an aromatic ring is 1. The van der Waals surface area contributed by atoms with Crippen LogP contribution in [0.1, 0.15) is 49.4 Å². The molecule has 0 spiro atoms. The number of amides is 1. The molecule has 0 radical (unpaired) electrons. The van der Waals surface area contributed by atoms with E-state index in [9.17, 15) is 9.90 Å². The van der Waals surface area contributed by atoms with Gasteiger partial charge in [0.05, 0.1) is 11.3 Å². The minimum Gasteiger partial charge on any atom is -0.505 e. The molecule has 0 saturated heterocycles. The van der Waals surface area contributed by atoms with Crippen LogP contribution in [0.25, 0.3) is 0 Å². The third kappa shape index (κ3) is 2.83. The van der Waals surface area contributed by atoms with Gasteiger partial charge in [-0.05, 0) is 36.8 Å². The summed E-state index contributed by atoms with van der Waals surface area (Å²) < 4.78 is 0. The number of hydrogen-bond donors (Lipinski definition) is 3. The maximum atomic E-state index is 12.1. The summed E-state index contributed by atoms with van der Waals surface area (Å²) in [6.07, 6.45) is 5.91. The summed E-state index contributed by atoms with van der Waals surface area (Å²) in [5, 5.41) is 12.7. The number of rotatable bonds is 4. The molecule has 4 N–H and O–H groups in total. The number of nitrogens with one attached hydrogen (secondary N) is 1. The standard InChI is InChI=1S/C15H22N2O2/c1-2-15(8-3-4-9-15)10-17-14(19)11-6-5-7-12(16)13(11)18/h5-7,18H,2-4,8-10,16H2,1H3,(H,17,19). The summed E-state index contributed by atoms with van der Waals surface area (Å²) >= 11 is 0. The van der Waals surface area contributed by atoms with Crippen LogP contribution in [-0.2, 0) is 0 Å². The van der Waals surface area contributed by atoms with Crippen LogP contribution in [0.3, 0.4) is 0 Å². The van der Waals surface area contributed by atoms with E-state index in [2.05, 4.69) is 12.2 Å². The molecule has 0 unspecified atom stereocenters. The number of carbonyl (C=O) groups excluding carboxylic acids is 1. The topological polar surface area (TPSA) is 75.4 Å². The Balaban J connectivity index is 2.03. The van der Waals surface area contributed by atoms with Crippen molar-refractivity contribution in [3.05, 3.63) is 23.8 Å². The van der Waals surface area contributed by atoms with Crippen LogP contribution in [0.4, 0.5) is 5.69 Å². The number of carbonyl (C=O) groups is 1. The lowest BCUT2D eigenvalue weighted by atomic mass is 9.83. The molecule has 1 amide bonds. The third-order valence-electron chi connectivity index (χ3n) is 4.35. The molecule has 1 fully saturated rings. The molecule has 0 atom stereocenters. The zero-order chi connectivity index (χ0) is 13.9. The molecule has 1 aliphatic carbocycles. The zero-order valence-corrected chi connectivity index (χ0v) is 11.4. The molecular weight excluding hydrogens is 240 g/mol. The Morgan fingerprint density at radius 3 is 2.74 bits per heavy atom. The van der Waals surface area contributed by atoms with Crippen LogP contribution in [-0.4, -0.2) is 17.6 Å². The Morgan fingerprint density at radius 1 is 1.42 bits per heavy atom. The summed E-state index contributed by atoms with van der Waals surface area (Å²) in [6.45, 7) is 2.85. The highest BCUT2D eigenvalue weighted by molar-refractivity contribution is 5.98. The van der Waals surface area contributed by atoms with E-state index in [1.807, 2.05) is 0 Å². The Kier molecular flexibility index (Phi) is 3.98. The molecule has 1 aliphatic rings. The van der Waals surface area contributed by atoms with E-state index >= 15 is 0 Å². The second-order valence-corrected chi connectivity index (χ2v) is 5.49. The Labute approximate surface area is 114 Å². The lowest BCUT2D eigenvalue weighted by Gasteiger charge is -2.27. The Bertz CT molecular complexity index is 465. The first-order valence-corrected chi connectivity index (χ1v) is 6.94. The smallest absolute Gasteiger partial charge is 0.255 e. The first-order valence-electron chi connectivity index (χ1n) is 6.94. The molecule has 0 heterocycles. The van der Waals surface area contributed by atoms with Crippen molar-refractivity contribution in [2.45, 2.75) is 39.0 Å². The summed E-state index contributed by atoms with van der Waals surface area (Å²) in [5.41, 5.74) is 6.33. The summed E-state index contributed by atoms with van der Waals surface area (Å²) in [6, 6.07) is 4.85. The number of para-hydroxylation sites is 1. The van der Waals surface area contributed by atoms with Crippen molar-refractivity contribution in [3.63, 3.8) is 0 Å². The third-order valence-corrected chi connectivity index (χ3v) is 4.35. The molecule has 4 nitrogen and oxygen atoms in total. The predicted octanol–water partition coefficient (Wildman–Crippen LogP) is 2.67. The van der Waals surface area contributed by atoms with E-state index in [1.165, 1.54) is 25.7 Å². The minimum absolute atomic E-state index is 0.128. The second kappa shape index (κ2) is 5.51. The Morgan fingerprint density at radius 2 is 2.11 bits per heavy atom. The summed E-state index contributed by atoms with van der Waals surface area (Å²) in [4.78, 5) is 12.1. The van der Waals surface area contributed by atoms with Gasteiger partial charge >= 0.3 is 0 Å². The number of hydrogen-bond acceptors (Lipinski definition) is 3. The van der Waals surface area contributed by atoms with Gasteiger partial charge in [-0.25, -0.2) is 0 Å². The van der Waals surface area contributed by atoms with Crippen molar-refractivity contribution in [2.24, 2.45) is 5.41 Å². The van der Waals surface area contributed by atoms with Crippen molar-refractivity contribution in [3.8, 4) is 5.75 Å². The molecule has 1 saturated carbocycles. The van der Waals surface area contributed by atoms with E-state index in [1.54, 1.807) is 18.2 Å². The van der Waals surface area contributed by atoms with Crippen molar-refractivity contribution in [1.29, 1.82) is 0 Å². The Hall–Kier alpha value is -1.71. The lowest BCUT2D eigenvalue weighted by molar-refractivity contribution is 0.0926. The number of phenols is 1. The number of phenolic OH excluding ortho intramolecular Hbond substituents is 1. The van der Waals surface area contributed by atoms with Crippen LogP contribution in [0.2, 0.25) is 0 Å². The normalized spacial score (nSPS) is 17.3. The second-order valence-electron chi connectivity index (χ2n) is 5.49. The van der Waals surface area contributed by atoms with Gasteiger partial charge in [0.15, 0.2) is 5.75 Å². The van der Waals surface area contributed by atoms with Gasteiger partial charge in [0.2, 0.25) is 0 Å². The van der Waals surface area contributed by atoms with E-state index in [0.717, 1.165) is 6.42 Å². The number of anilines is 1. The van der Waals surface area contributed by atoms with E-state index in [-0.39, 0.29) is 28.3 Å². The van der Waals surface area contributed by atoms with Crippen molar-refractivity contribution in [1.82, 2.24) is 5.32 Å². The van der Waals surface area contributed by atoms with Gasteiger partial charge in [-0.2, -0.15) is 0 Å². The lowest BCUT2D eigenvalue weighted by Crippen LogP contribution is -2.35. The fourth-order valence-corrected chi connectivity index (χ4v) is 2.89. The molecule has 19 heavy (non-hydrogen) atoms. The summed E-state index contributed by atoms with van der Waals surface area (Å²) in [7, 11) is 0. The quantitative estimate of drug-likeness (QED) is 0.577. The van der Waals surface area contributed by atoms with Crippen molar-refractivity contribution < 1.29 is 9.90 Å². The molecule has 0 aliphatic heterocycles. The monoisotopic (exact) mass is 262 g/mol. The van der Waals surface area contributed by atoms with E-state index < -0.39 is 0 Å². The predicted molar refractivity (Wildman–Crippen MR) is 76.0 cm³/mol. The fourth-order valence-electron chi connectivity index (χ4n) is 2.89. The average Bonchev–Trinajstić information content (AvgIpc) is 2.89. The number of aromatic hydroxyl groups is 1. The highest BCUT2D eigenvalue weighted by Gasteiger charge is 2.32. The molecule has 2 rings (SSSR count). The maximum Gasteiger partial charge on any atom is 0.255 e. The SMILES string of the molecule is CCC1(CNC(=O)c2cccc(N)c2O)CCCC1. The molecule has 4 heteroatoms. The highest BCUT2D eigenvalue weighted by atomic mass is 16.3. The first-order chi connectivity index (χ1) is 9.08. The fraction of sp³-hybridized carbons (Fsp3) is 0.533. The molecule has 1 aromatic rings. The largest absolute Gasteiger partial charge is 0.505 e. The van der Waals surface area contributed by atoms with Gasteiger partial charge in [-0.15, -0.1) is 0 Å². The van der Waals surface area contributed by atoms with Crippen LogP contribution in [0.15, 0.2) is 18.2 Å². The molecule has 0 aromatic heterocycles. The first kappa shape index (κ1) is 13.7. The van der Waals surface area contributed by atoms with Gasteiger partial charge < -0.3 is 16.2 Å². The van der Waals surface area contributed by atoms with Gasteiger partial charge in [0, 0.05) is 6.54 Å².